The minimum Gasteiger partial charge on any atom is -0.506 e. The lowest BCUT2D eigenvalue weighted by Crippen LogP contribution is -2.38. The molecule has 0 saturated heterocycles. The molecule has 29 heavy (non-hydrogen) atoms. The van der Waals surface area contributed by atoms with Gasteiger partial charge in [-0.25, -0.2) is 0 Å². The van der Waals surface area contributed by atoms with E-state index in [0.717, 1.165) is 5.56 Å². The lowest BCUT2D eigenvalue weighted by atomic mass is 10.0. The van der Waals surface area contributed by atoms with Crippen LogP contribution in [0.3, 0.4) is 0 Å². The van der Waals surface area contributed by atoms with E-state index in [-0.39, 0.29) is 11.3 Å². The Kier molecular flexibility index (Phi) is 7.59. The first-order chi connectivity index (χ1) is 13.7. The zero-order valence-corrected chi connectivity index (χ0v) is 18.0. The van der Waals surface area contributed by atoms with Crippen molar-refractivity contribution < 1.29 is 24.4 Å². The van der Waals surface area contributed by atoms with Crippen molar-refractivity contribution in [2.45, 2.75) is 39.0 Å². The minimum absolute atomic E-state index is 0.0918. The highest BCUT2D eigenvalue weighted by molar-refractivity contribution is 5.59. The molecule has 0 heterocycles. The van der Waals surface area contributed by atoms with Crippen molar-refractivity contribution >= 4 is 5.69 Å². The maximum atomic E-state index is 10.5. The Balaban J connectivity index is 2.16. The molecule has 0 spiro atoms. The van der Waals surface area contributed by atoms with Crippen molar-refractivity contribution in [2.24, 2.45) is 0 Å². The summed E-state index contributed by atoms with van der Waals surface area (Å²) in [6, 6.07) is 8.74. The van der Waals surface area contributed by atoms with Crippen molar-refractivity contribution in [3.63, 3.8) is 0 Å². The number of phenols is 1. The van der Waals surface area contributed by atoms with E-state index in [1.165, 1.54) is 0 Å². The van der Waals surface area contributed by atoms with E-state index in [0.29, 0.717) is 41.6 Å². The third kappa shape index (κ3) is 6.17. The van der Waals surface area contributed by atoms with Crippen molar-refractivity contribution in [2.75, 3.05) is 33.2 Å². The number of ether oxygens (including phenoxy) is 3. The molecule has 0 fully saturated rings. The van der Waals surface area contributed by atoms with Crippen molar-refractivity contribution in [3.05, 3.63) is 41.5 Å². The van der Waals surface area contributed by atoms with E-state index in [1.54, 1.807) is 39.5 Å². The molecule has 7 nitrogen and oxygen atoms in total. The molecular weight excluding hydrogens is 372 g/mol. The fraction of sp³-hybridized carbons (Fsp3) is 0.455. The van der Waals surface area contributed by atoms with E-state index in [1.807, 2.05) is 32.9 Å². The topological polar surface area (TPSA) is 92.2 Å². The number of nitrogens with one attached hydrogen (secondary N) is 2. The molecule has 0 aliphatic rings. The first-order valence-corrected chi connectivity index (χ1v) is 9.47. The average molecular weight is 405 g/mol. The van der Waals surface area contributed by atoms with E-state index in [2.05, 4.69) is 10.6 Å². The molecule has 0 amide bonds. The third-order valence-corrected chi connectivity index (χ3v) is 4.44. The zero-order chi connectivity index (χ0) is 21.6. The number of β-amino-alcohol motifs (C(OH)–C–C–N with tert-alkyl or cyclic N) is 1. The predicted molar refractivity (Wildman–Crippen MR) is 114 cm³/mol. The number of hydrogen-bond donors (Lipinski definition) is 4. The highest BCUT2D eigenvalue weighted by Crippen LogP contribution is 2.38. The van der Waals surface area contributed by atoms with Gasteiger partial charge in [-0.2, -0.15) is 0 Å². The number of rotatable bonds is 9. The van der Waals surface area contributed by atoms with Gasteiger partial charge in [0.05, 0.1) is 33.1 Å². The monoisotopic (exact) mass is 404 g/mol. The van der Waals surface area contributed by atoms with Crippen LogP contribution in [0.4, 0.5) is 5.69 Å². The van der Waals surface area contributed by atoms with E-state index in [4.69, 9.17) is 14.2 Å². The Morgan fingerprint density at radius 3 is 2.10 bits per heavy atom. The van der Waals surface area contributed by atoms with Crippen LogP contribution in [0.1, 0.15) is 38.0 Å². The molecule has 7 heteroatoms. The van der Waals surface area contributed by atoms with Gasteiger partial charge in [-0.3, -0.25) is 0 Å². The Morgan fingerprint density at radius 2 is 1.59 bits per heavy atom. The molecule has 160 valence electrons. The number of aliphatic hydroxyl groups excluding tert-OH is 1. The quantitative estimate of drug-likeness (QED) is 0.476. The second-order valence-corrected chi connectivity index (χ2v) is 7.81. The molecule has 0 aliphatic carbocycles. The molecule has 0 saturated carbocycles. The normalized spacial score (nSPS) is 12.4. The minimum atomic E-state index is -0.684. The predicted octanol–water partition coefficient (Wildman–Crippen LogP) is 3.45. The maximum absolute atomic E-state index is 10.5. The molecule has 0 bridgehead atoms. The van der Waals surface area contributed by atoms with Crippen LogP contribution in [0, 0.1) is 0 Å². The average Bonchev–Trinajstić information content (AvgIpc) is 2.69. The summed E-state index contributed by atoms with van der Waals surface area (Å²) in [6.07, 6.45) is -0.684. The molecule has 2 rings (SSSR count). The smallest absolute Gasteiger partial charge is 0.203 e. The molecule has 0 aliphatic heterocycles. The van der Waals surface area contributed by atoms with Gasteiger partial charge in [0.1, 0.15) is 5.75 Å². The van der Waals surface area contributed by atoms with Gasteiger partial charge < -0.3 is 35.1 Å². The lowest BCUT2D eigenvalue weighted by molar-refractivity contribution is 0.163. The molecule has 2 aromatic carbocycles. The van der Waals surface area contributed by atoms with Gasteiger partial charge in [-0.15, -0.1) is 0 Å². The summed E-state index contributed by atoms with van der Waals surface area (Å²) in [5.41, 5.74) is 2.04. The molecule has 0 aromatic heterocycles. The molecule has 1 unspecified atom stereocenters. The lowest BCUT2D eigenvalue weighted by Gasteiger charge is -2.23. The molecule has 0 radical (unpaired) electrons. The SMILES string of the molecule is COc1cc(CNc2cc(C(O)CNC(C)(C)C)ccc2O)cc(OC)c1OC. The maximum Gasteiger partial charge on any atom is 0.203 e. The van der Waals surface area contributed by atoms with Crippen molar-refractivity contribution in [1.29, 1.82) is 0 Å². The van der Waals surface area contributed by atoms with Gasteiger partial charge in [0.15, 0.2) is 11.5 Å². The Labute approximate surface area is 172 Å². The third-order valence-electron chi connectivity index (χ3n) is 4.44. The number of aromatic hydroxyl groups is 1. The van der Waals surface area contributed by atoms with Gasteiger partial charge in [-0.1, -0.05) is 6.07 Å². The highest BCUT2D eigenvalue weighted by atomic mass is 16.5. The fourth-order valence-corrected chi connectivity index (χ4v) is 2.86. The Morgan fingerprint density at radius 1 is 0.966 bits per heavy atom. The summed E-state index contributed by atoms with van der Waals surface area (Å²) in [5, 5.41) is 27.1. The Bertz CT molecular complexity index is 792. The van der Waals surface area contributed by atoms with Gasteiger partial charge in [-0.05, 0) is 56.2 Å². The molecule has 4 N–H and O–H groups in total. The van der Waals surface area contributed by atoms with Crippen LogP contribution in [0.2, 0.25) is 0 Å². The molecular formula is C22H32N2O5. The van der Waals surface area contributed by atoms with E-state index >= 15 is 0 Å². The van der Waals surface area contributed by atoms with Crippen LogP contribution < -0.4 is 24.8 Å². The second-order valence-electron chi connectivity index (χ2n) is 7.81. The summed E-state index contributed by atoms with van der Waals surface area (Å²) in [5.74, 6) is 1.76. The van der Waals surface area contributed by atoms with Crippen LogP contribution in [-0.4, -0.2) is 43.6 Å². The summed E-state index contributed by atoms with van der Waals surface area (Å²) in [6.45, 7) is 6.97. The van der Waals surface area contributed by atoms with E-state index < -0.39 is 6.10 Å². The fourth-order valence-electron chi connectivity index (χ4n) is 2.86. The van der Waals surface area contributed by atoms with Gasteiger partial charge in [0, 0.05) is 18.6 Å². The van der Waals surface area contributed by atoms with Crippen LogP contribution in [-0.2, 0) is 6.54 Å². The number of methoxy groups -OCH3 is 3. The zero-order valence-electron chi connectivity index (χ0n) is 18.0. The largest absolute Gasteiger partial charge is 0.506 e. The summed E-state index contributed by atoms with van der Waals surface area (Å²) in [7, 11) is 4.69. The Hall–Kier alpha value is -2.64. The van der Waals surface area contributed by atoms with Gasteiger partial charge in [0.25, 0.3) is 0 Å². The second kappa shape index (κ2) is 9.71. The van der Waals surface area contributed by atoms with Gasteiger partial charge in [0.2, 0.25) is 5.75 Å². The standard InChI is InChI=1S/C22H32N2O5/c1-22(2,3)24-13-18(26)15-7-8-17(25)16(11-15)23-12-14-9-19(27-4)21(29-6)20(10-14)28-5/h7-11,18,23-26H,12-13H2,1-6H3. The molecule has 1 atom stereocenters. The van der Waals surface area contributed by atoms with Crippen LogP contribution in [0.15, 0.2) is 30.3 Å². The molecule has 2 aromatic rings. The van der Waals surface area contributed by atoms with Crippen LogP contribution >= 0.6 is 0 Å². The first-order valence-electron chi connectivity index (χ1n) is 9.47. The summed E-state index contributed by atoms with van der Waals surface area (Å²) >= 11 is 0. The first kappa shape index (κ1) is 22.6. The number of anilines is 1. The van der Waals surface area contributed by atoms with Crippen molar-refractivity contribution in [3.8, 4) is 23.0 Å². The highest BCUT2D eigenvalue weighted by Gasteiger charge is 2.16. The van der Waals surface area contributed by atoms with E-state index in [9.17, 15) is 10.2 Å². The number of hydrogen-bond acceptors (Lipinski definition) is 7. The van der Waals surface area contributed by atoms with Crippen molar-refractivity contribution in [1.82, 2.24) is 5.32 Å². The number of aliphatic hydroxyl groups is 1. The summed E-state index contributed by atoms with van der Waals surface area (Å²) in [4.78, 5) is 0. The summed E-state index contributed by atoms with van der Waals surface area (Å²) < 4.78 is 16.1. The van der Waals surface area contributed by atoms with Crippen LogP contribution in [0.25, 0.3) is 0 Å². The van der Waals surface area contributed by atoms with Crippen LogP contribution in [0.5, 0.6) is 23.0 Å². The van der Waals surface area contributed by atoms with Gasteiger partial charge >= 0.3 is 0 Å². The number of benzene rings is 2. The number of phenolic OH excluding ortho intramolecular Hbond substituents is 1.